The van der Waals surface area contributed by atoms with Crippen molar-refractivity contribution in [1.82, 2.24) is 9.97 Å². The number of fused-ring (bicyclic) bond motifs is 1. The first-order chi connectivity index (χ1) is 9.69. The average molecular weight is 278 g/mol. The lowest BCUT2D eigenvalue weighted by atomic mass is 9.99. The first-order valence-corrected chi connectivity index (χ1v) is 6.84. The van der Waals surface area contributed by atoms with E-state index in [9.17, 15) is 9.59 Å². The zero-order valence-corrected chi connectivity index (χ0v) is 11.7. The Bertz CT molecular complexity index is 498. The summed E-state index contributed by atoms with van der Waals surface area (Å²) in [7, 11) is 0. The minimum absolute atomic E-state index is 0.210. The Morgan fingerprint density at radius 2 is 1.80 bits per heavy atom. The van der Waals surface area contributed by atoms with E-state index in [-0.39, 0.29) is 13.2 Å². The van der Waals surface area contributed by atoms with Crippen molar-refractivity contribution in [3.8, 4) is 0 Å². The first kappa shape index (κ1) is 14.4. The van der Waals surface area contributed by atoms with Gasteiger partial charge < -0.3 is 9.47 Å². The number of aromatic nitrogens is 2. The monoisotopic (exact) mass is 278 g/mol. The van der Waals surface area contributed by atoms with Gasteiger partial charge in [0.1, 0.15) is 6.33 Å². The maximum atomic E-state index is 12.1. The second-order valence-corrected chi connectivity index (χ2v) is 4.47. The van der Waals surface area contributed by atoms with Crippen LogP contribution < -0.4 is 0 Å². The number of carbonyl (C=O) groups is 2. The fourth-order valence-electron chi connectivity index (χ4n) is 2.40. The van der Waals surface area contributed by atoms with E-state index in [1.807, 2.05) is 0 Å². The Balaban J connectivity index is 2.38. The van der Waals surface area contributed by atoms with E-state index < -0.39 is 17.9 Å². The Kier molecular flexibility index (Phi) is 4.65. The number of rotatable bonds is 5. The van der Waals surface area contributed by atoms with E-state index >= 15 is 0 Å². The predicted molar refractivity (Wildman–Crippen MR) is 70.1 cm³/mol. The van der Waals surface area contributed by atoms with Crippen molar-refractivity contribution >= 4 is 11.9 Å². The lowest BCUT2D eigenvalue weighted by molar-refractivity contribution is -0.157. The molecule has 0 aromatic carbocycles. The molecule has 0 atom stereocenters. The van der Waals surface area contributed by atoms with Crippen molar-refractivity contribution in [2.45, 2.75) is 39.0 Å². The molecule has 0 saturated carbocycles. The van der Waals surface area contributed by atoms with Crippen LogP contribution >= 0.6 is 0 Å². The van der Waals surface area contributed by atoms with Gasteiger partial charge in [0.25, 0.3) is 0 Å². The molecule has 6 nitrogen and oxygen atoms in total. The molecule has 108 valence electrons. The van der Waals surface area contributed by atoms with Gasteiger partial charge in [0.15, 0.2) is 5.92 Å². The molecule has 2 rings (SSSR count). The molecule has 0 amide bonds. The lowest BCUT2D eigenvalue weighted by Crippen LogP contribution is -2.28. The summed E-state index contributed by atoms with van der Waals surface area (Å²) in [4.78, 5) is 32.5. The molecule has 0 spiro atoms. The van der Waals surface area contributed by atoms with Crippen molar-refractivity contribution in [3.63, 3.8) is 0 Å². The molecule has 1 aromatic heterocycles. The molecular weight excluding hydrogens is 260 g/mol. The maximum Gasteiger partial charge on any atom is 0.326 e. The molecule has 0 unspecified atom stereocenters. The summed E-state index contributed by atoms with van der Waals surface area (Å²) in [6.45, 7) is 3.82. The van der Waals surface area contributed by atoms with Crippen LogP contribution in [0.15, 0.2) is 6.33 Å². The predicted octanol–water partition coefficient (Wildman–Crippen LogP) is 1.18. The molecule has 0 bridgehead atoms. The third kappa shape index (κ3) is 2.79. The molecular formula is C14H18N2O4. The van der Waals surface area contributed by atoms with Crippen LogP contribution in [0, 0.1) is 0 Å². The van der Waals surface area contributed by atoms with Crippen molar-refractivity contribution in [2.75, 3.05) is 13.2 Å². The third-order valence-corrected chi connectivity index (χ3v) is 3.23. The molecule has 0 aliphatic heterocycles. The second kappa shape index (κ2) is 6.45. The second-order valence-electron chi connectivity index (χ2n) is 4.47. The SMILES string of the molecule is CCOC(=O)C(C(=O)OCC)c1ncnc2c1CCC2. The van der Waals surface area contributed by atoms with Gasteiger partial charge in [-0.3, -0.25) is 9.59 Å². The summed E-state index contributed by atoms with van der Waals surface area (Å²) in [6.07, 6.45) is 3.98. The van der Waals surface area contributed by atoms with Crippen LogP contribution in [-0.4, -0.2) is 35.1 Å². The molecule has 1 aromatic rings. The van der Waals surface area contributed by atoms with E-state index in [2.05, 4.69) is 9.97 Å². The summed E-state index contributed by atoms with van der Waals surface area (Å²) in [5.74, 6) is -2.33. The van der Waals surface area contributed by atoms with Gasteiger partial charge in [0, 0.05) is 5.69 Å². The number of carbonyl (C=O) groups excluding carboxylic acids is 2. The minimum Gasteiger partial charge on any atom is -0.465 e. The third-order valence-electron chi connectivity index (χ3n) is 3.23. The Morgan fingerprint density at radius 1 is 1.15 bits per heavy atom. The highest BCUT2D eigenvalue weighted by molar-refractivity contribution is 6.00. The van der Waals surface area contributed by atoms with Crippen LogP contribution in [0.1, 0.15) is 43.1 Å². The van der Waals surface area contributed by atoms with Gasteiger partial charge >= 0.3 is 11.9 Å². The standard InChI is InChI=1S/C14H18N2O4/c1-3-19-13(17)11(14(18)20-4-2)12-9-6-5-7-10(9)15-8-16-12/h8,11H,3-7H2,1-2H3. The molecule has 6 heteroatoms. The van der Waals surface area contributed by atoms with Crippen LogP contribution in [0.2, 0.25) is 0 Å². The number of hydrogen-bond donors (Lipinski definition) is 0. The lowest BCUT2D eigenvalue weighted by Gasteiger charge is -2.16. The number of hydrogen-bond acceptors (Lipinski definition) is 6. The average Bonchev–Trinajstić information content (AvgIpc) is 2.89. The molecule has 1 heterocycles. The molecule has 0 radical (unpaired) electrons. The van der Waals surface area contributed by atoms with Crippen molar-refractivity contribution in [2.24, 2.45) is 0 Å². The Morgan fingerprint density at radius 3 is 2.40 bits per heavy atom. The molecule has 1 aliphatic rings. The van der Waals surface area contributed by atoms with E-state index in [1.165, 1.54) is 6.33 Å². The summed E-state index contributed by atoms with van der Waals surface area (Å²) < 4.78 is 9.97. The summed E-state index contributed by atoms with van der Waals surface area (Å²) >= 11 is 0. The fourth-order valence-corrected chi connectivity index (χ4v) is 2.40. The van der Waals surface area contributed by atoms with Gasteiger partial charge in [-0.25, -0.2) is 9.97 Å². The van der Waals surface area contributed by atoms with Crippen LogP contribution in [0.25, 0.3) is 0 Å². The largest absolute Gasteiger partial charge is 0.465 e. The molecule has 0 fully saturated rings. The first-order valence-electron chi connectivity index (χ1n) is 6.84. The molecule has 1 aliphatic carbocycles. The highest BCUT2D eigenvalue weighted by Gasteiger charge is 2.36. The number of nitrogens with zero attached hydrogens (tertiary/aromatic N) is 2. The van der Waals surface area contributed by atoms with Crippen LogP contribution in [0.4, 0.5) is 0 Å². The number of aryl methyl sites for hydroxylation is 1. The minimum atomic E-state index is -1.11. The quantitative estimate of drug-likeness (QED) is 0.594. The molecule has 0 saturated heterocycles. The highest BCUT2D eigenvalue weighted by atomic mass is 16.6. The van der Waals surface area contributed by atoms with Gasteiger partial charge in [-0.1, -0.05) is 0 Å². The van der Waals surface area contributed by atoms with Gasteiger partial charge in [-0.2, -0.15) is 0 Å². The van der Waals surface area contributed by atoms with Crippen LogP contribution in [0.5, 0.6) is 0 Å². The number of ether oxygens (including phenoxy) is 2. The van der Waals surface area contributed by atoms with E-state index in [0.29, 0.717) is 5.69 Å². The number of esters is 2. The smallest absolute Gasteiger partial charge is 0.326 e. The zero-order chi connectivity index (χ0) is 14.5. The Hall–Kier alpha value is -1.98. The summed E-state index contributed by atoms with van der Waals surface area (Å²) in [5, 5.41) is 0. The van der Waals surface area contributed by atoms with E-state index in [1.54, 1.807) is 13.8 Å². The summed E-state index contributed by atoms with van der Waals surface area (Å²) in [5.41, 5.74) is 2.23. The summed E-state index contributed by atoms with van der Waals surface area (Å²) in [6, 6.07) is 0. The van der Waals surface area contributed by atoms with Crippen LogP contribution in [-0.2, 0) is 31.9 Å². The Labute approximate surface area is 117 Å². The van der Waals surface area contributed by atoms with E-state index in [0.717, 1.165) is 30.5 Å². The van der Waals surface area contributed by atoms with Crippen molar-refractivity contribution in [3.05, 3.63) is 23.3 Å². The zero-order valence-electron chi connectivity index (χ0n) is 11.7. The molecule has 0 N–H and O–H groups in total. The molecule has 20 heavy (non-hydrogen) atoms. The van der Waals surface area contributed by atoms with Crippen molar-refractivity contribution in [1.29, 1.82) is 0 Å². The normalized spacial score (nSPS) is 13.2. The maximum absolute atomic E-state index is 12.1. The highest BCUT2D eigenvalue weighted by Crippen LogP contribution is 2.28. The topological polar surface area (TPSA) is 78.4 Å². The van der Waals surface area contributed by atoms with Gasteiger partial charge in [-0.05, 0) is 38.7 Å². The van der Waals surface area contributed by atoms with Crippen molar-refractivity contribution < 1.29 is 19.1 Å². The van der Waals surface area contributed by atoms with Gasteiger partial charge in [-0.15, -0.1) is 0 Å². The van der Waals surface area contributed by atoms with E-state index in [4.69, 9.17) is 9.47 Å². The van der Waals surface area contributed by atoms with Gasteiger partial charge in [0.05, 0.1) is 18.9 Å². The van der Waals surface area contributed by atoms with Gasteiger partial charge in [0.2, 0.25) is 0 Å². The fraction of sp³-hybridized carbons (Fsp3) is 0.571. The van der Waals surface area contributed by atoms with Crippen LogP contribution in [0.3, 0.4) is 0 Å².